The number of nitrogens with zero attached hydrogens (tertiary/aromatic N) is 2. The maximum atomic E-state index is 13.6. The highest BCUT2D eigenvalue weighted by molar-refractivity contribution is 7.92. The highest BCUT2D eigenvalue weighted by Crippen LogP contribution is 2.25. The average molecular weight is 532 g/mol. The molecule has 2 aromatic carbocycles. The average Bonchev–Trinajstić information content (AvgIpc) is 2.77. The molecule has 0 saturated carbocycles. The number of hydrogen-bond donors (Lipinski definition) is 1. The molecular formula is C23H28Cl2FN3O4S. The summed E-state index contributed by atoms with van der Waals surface area (Å²) >= 11 is 12.1. The summed E-state index contributed by atoms with van der Waals surface area (Å²) < 4.78 is 39.4. The zero-order valence-corrected chi connectivity index (χ0v) is 21.6. The van der Waals surface area contributed by atoms with Gasteiger partial charge in [0.25, 0.3) is 0 Å². The van der Waals surface area contributed by atoms with Crippen LogP contribution < -0.4 is 9.62 Å². The van der Waals surface area contributed by atoms with Crippen LogP contribution >= 0.6 is 23.2 Å². The monoisotopic (exact) mass is 531 g/mol. The molecule has 7 nitrogen and oxygen atoms in total. The lowest BCUT2D eigenvalue weighted by atomic mass is 10.1. The van der Waals surface area contributed by atoms with Crippen molar-refractivity contribution in [3.05, 3.63) is 63.9 Å². The summed E-state index contributed by atoms with van der Waals surface area (Å²) in [6, 6.07) is 9.33. The largest absolute Gasteiger partial charge is 0.354 e. The Morgan fingerprint density at radius 2 is 1.79 bits per heavy atom. The summed E-state index contributed by atoms with van der Waals surface area (Å²) in [7, 11) is -3.94. The first kappa shape index (κ1) is 27.9. The molecule has 0 bridgehead atoms. The Kier molecular flexibility index (Phi) is 10.1. The van der Waals surface area contributed by atoms with Crippen molar-refractivity contribution in [1.29, 1.82) is 0 Å². The van der Waals surface area contributed by atoms with Gasteiger partial charge in [0.2, 0.25) is 21.8 Å². The highest BCUT2D eigenvalue weighted by Gasteiger charge is 2.30. The van der Waals surface area contributed by atoms with Gasteiger partial charge in [-0.05, 0) is 43.2 Å². The number of sulfonamides is 1. The molecule has 186 valence electrons. The van der Waals surface area contributed by atoms with E-state index in [0.29, 0.717) is 17.1 Å². The summed E-state index contributed by atoms with van der Waals surface area (Å²) in [6.45, 7) is 3.39. The van der Waals surface area contributed by atoms with Crippen molar-refractivity contribution in [3.8, 4) is 0 Å². The van der Waals surface area contributed by atoms with Crippen molar-refractivity contribution >= 4 is 50.7 Å². The van der Waals surface area contributed by atoms with E-state index >= 15 is 0 Å². The summed E-state index contributed by atoms with van der Waals surface area (Å²) in [5.41, 5.74) is 0.626. The molecule has 1 N–H and O–H groups in total. The van der Waals surface area contributed by atoms with Gasteiger partial charge in [0.15, 0.2) is 0 Å². The van der Waals surface area contributed by atoms with Gasteiger partial charge in [-0.15, -0.1) is 0 Å². The smallest absolute Gasteiger partial charge is 0.244 e. The van der Waals surface area contributed by atoms with Gasteiger partial charge in [-0.3, -0.25) is 13.9 Å². The third kappa shape index (κ3) is 7.58. The number of hydrogen-bond acceptors (Lipinski definition) is 4. The quantitative estimate of drug-likeness (QED) is 0.439. The Morgan fingerprint density at radius 1 is 1.12 bits per heavy atom. The first-order valence-electron chi connectivity index (χ1n) is 10.7. The van der Waals surface area contributed by atoms with Crippen molar-refractivity contribution in [2.75, 3.05) is 23.7 Å². The molecule has 0 aliphatic rings. The molecule has 11 heteroatoms. The Bertz CT molecular complexity index is 1130. The van der Waals surface area contributed by atoms with Crippen molar-refractivity contribution < 1.29 is 22.4 Å². The maximum absolute atomic E-state index is 13.6. The first-order valence-corrected chi connectivity index (χ1v) is 13.3. The second-order valence-corrected chi connectivity index (χ2v) is 10.5. The van der Waals surface area contributed by atoms with Crippen LogP contribution in [0.3, 0.4) is 0 Å². The predicted molar refractivity (Wildman–Crippen MR) is 133 cm³/mol. The lowest BCUT2D eigenvalue weighted by Gasteiger charge is -2.31. The zero-order chi connectivity index (χ0) is 25.5. The number of benzene rings is 2. The fourth-order valence-corrected chi connectivity index (χ4v) is 4.39. The van der Waals surface area contributed by atoms with Gasteiger partial charge < -0.3 is 10.2 Å². The molecule has 2 rings (SSSR count). The van der Waals surface area contributed by atoms with Crippen molar-refractivity contribution in [2.45, 2.75) is 39.3 Å². The number of halogens is 3. The minimum atomic E-state index is -3.94. The SMILES string of the molecule is CCCCNC(=O)[C@H](C)N(Cc1ccccc1Cl)C(=O)CN(c1ccc(F)c(Cl)c1)S(C)(=O)=O. The van der Waals surface area contributed by atoms with E-state index < -0.39 is 34.3 Å². The van der Waals surface area contributed by atoms with Crippen LogP contribution in [0.4, 0.5) is 10.1 Å². The molecular weight excluding hydrogens is 504 g/mol. The van der Waals surface area contributed by atoms with E-state index in [1.54, 1.807) is 31.2 Å². The predicted octanol–water partition coefficient (Wildman–Crippen LogP) is 4.23. The first-order chi connectivity index (χ1) is 16.0. The minimum Gasteiger partial charge on any atom is -0.354 e. The number of anilines is 1. The molecule has 0 spiro atoms. The summed E-state index contributed by atoms with van der Waals surface area (Å²) in [4.78, 5) is 27.4. The van der Waals surface area contributed by atoms with Gasteiger partial charge in [0.05, 0.1) is 17.0 Å². The van der Waals surface area contributed by atoms with Gasteiger partial charge in [-0.1, -0.05) is 54.7 Å². The molecule has 2 aromatic rings. The number of unbranched alkanes of at least 4 members (excludes halogenated alkanes) is 1. The Morgan fingerprint density at radius 3 is 2.38 bits per heavy atom. The fourth-order valence-electron chi connectivity index (χ4n) is 3.18. The number of carbonyl (C=O) groups is 2. The lowest BCUT2D eigenvalue weighted by Crippen LogP contribution is -2.51. The zero-order valence-electron chi connectivity index (χ0n) is 19.2. The minimum absolute atomic E-state index is 0.0113. The third-order valence-corrected chi connectivity index (χ3v) is 6.96. The van der Waals surface area contributed by atoms with Crippen LogP contribution in [0, 0.1) is 5.82 Å². The van der Waals surface area contributed by atoms with E-state index in [1.165, 1.54) is 11.0 Å². The van der Waals surface area contributed by atoms with Crippen LogP contribution in [-0.4, -0.2) is 50.5 Å². The molecule has 0 aliphatic heterocycles. The number of rotatable bonds is 11. The van der Waals surface area contributed by atoms with E-state index in [-0.39, 0.29) is 23.2 Å². The molecule has 1 atom stereocenters. The second kappa shape index (κ2) is 12.4. The molecule has 34 heavy (non-hydrogen) atoms. The molecule has 0 radical (unpaired) electrons. The normalized spacial score (nSPS) is 12.2. The van der Waals surface area contributed by atoms with E-state index in [0.717, 1.165) is 35.5 Å². The van der Waals surface area contributed by atoms with Crippen molar-refractivity contribution in [3.63, 3.8) is 0 Å². The number of carbonyl (C=O) groups excluding carboxylic acids is 2. The molecule has 0 aromatic heterocycles. The van der Waals surface area contributed by atoms with Crippen LogP contribution in [-0.2, 0) is 26.2 Å². The van der Waals surface area contributed by atoms with Crippen LogP contribution in [0.15, 0.2) is 42.5 Å². The topological polar surface area (TPSA) is 86.8 Å². The fraction of sp³-hybridized carbons (Fsp3) is 0.391. The van der Waals surface area contributed by atoms with Crippen molar-refractivity contribution in [1.82, 2.24) is 10.2 Å². The van der Waals surface area contributed by atoms with Gasteiger partial charge in [-0.25, -0.2) is 12.8 Å². The molecule has 0 saturated heterocycles. The van der Waals surface area contributed by atoms with E-state index in [2.05, 4.69) is 5.32 Å². The van der Waals surface area contributed by atoms with Crippen LogP contribution in [0.2, 0.25) is 10.0 Å². The Labute approximate surface area is 209 Å². The third-order valence-electron chi connectivity index (χ3n) is 5.17. The van der Waals surface area contributed by atoms with Gasteiger partial charge >= 0.3 is 0 Å². The lowest BCUT2D eigenvalue weighted by molar-refractivity contribution is -0.139. The molecule has 2 amide bonds. The second-order valence-electron chi connectivity index (χ2n) is 7.80. The van der Waals surface area contributed by atoms with E-state index in [4.69, 9.17) is 23.2 Å². The van der Waals surface area contributed by atoms with Gasteiger partial charge in [0, 0.05) is 18.1 Å². The molecule has 0 unspecified atom stereocenters. The van der Waals surface area contributed by atoms with Crippen LogP contribution in [0.25, 0.3) is 0 Å². The highest BCUT2D eigenvalue weighted by atomic mass is 35.5. The Balaban J connectivity index is 2.38. The van der Waals surface area contributed by atoms with E-state index in [9.17, 15) is 22.4 Å². The van der Waals surface area contributed by atoms with Crippen LogP contribution in [0.1, 0.15) is 32.3 Å². The standard InChI is InChI=1S/C23H28Cl2FN3O4S/c1-4-5-12-27-23(31)16(2)28(14-17-8-6-7-9-19(17)24)22(30)15-29(34(3,32)33)18-10-11-21(26)20(25)13-18/h6-11,13,16H,4-5,12,14-15H2,1-3H3,(H,27,31)/t16-/m0/s1. The van der Waals surface area contributed by atoms with E-state index in [1.807, 2.05) is 6.92 Å². The van der Waals surface area contributed by atoms with Crippen molar-refractivity contribution in [2.24, 2.45) is 0 Å². The summed E-state index contributed by atoms with van der Waals surface area (Å²) in [5.74, 6) is -1.73. The maximum Gasteiger partial charge on any atom is 0.244 e. The number of amides is 2. The summed E-state index contributed by atoms with van der Waals surface area (Å²) in [6.07, 6.45) is 2.60. The van der Waals surface area contributed by atoms with Gasteiger partial charge in [-0.2, -0.15) is 0 Å². The molecule has 0 aliphatic carbocycles. The summed E-state index contributed by atoms with van der Waals surface area (Å²) in [5, 5.41) is 2.92. The molecule has 0 heterocycles. The Hall–Kier alpha value is -2.36. The molecule has 0 fully saturated rings. The van der Waals surface area contributed by atoms with Gasteiger partial charge in [0.1, 0.15) is 18.4 Å². The van der Waals surface area contributed by atoms with Crippen LogP contribution in [0.5, 0.6) is 0 Å². The number of nitrogens with one attached hydrogen (secondary N) is 1.